The maximum absolute atomic E-state index is 12.7. The van der Waals surface area contributed by atoms with Crippen LogP contribution in [0.25, 0.3) is 0 Å². The fraction of sp³-hybridized carbons (Fsp3) is 0.500. The van der Waals surface area contributed by atoms with E-state index in [-0.39, 0.29) is 22.7 Å². The van der Waals surface area contributed by atoms with Gasteiger partial charge in [-0.25, -0.2) is 0 Å². The van der Waals surface area contributed by atoms with E-state index in [0.29, 0.717) is 19.6 Å². The molecule has 22 heavy (non-hydrogen) atoms. The molecule has 2 atom stereocenters. The van der Waals surface area contributed by atoms with Crippen molar-refractivity contribution in [3.05, 3.63) is 34.3 Å². The fourth-order valence-electron chi connectivity index (χ4n) is 2.23. The number of carbonyl (C=O) groups excluding carboxylic acids is 1. The molecule has 0 aromatic heterocycles. The Hall–Kier alpha value is -1.31. The number of amides is 1. The fourth-order valence-corrected chi connectivity index (χ4v) is 2.43. The summed E-state index contributed by atoms with van der Waals surface area (Å²) in [5.74, 6) is -0.662. The monoisotopic (exact) mass is 337 g/mol. The van der Waals surface area contributed by atoms with Gasteiger partial charge in [-0.15, -0.1) is 0 Å². The number of alkyl halides is 3. The molecule has 1 saturated heterocycles. The molecule has 4 nitrogen and oxygen atoms in total. The van der Waals surface area contributed by atoms with Crippen molar-refractivity contribution in [1.29, 1.82) is 0 Å². The molecule has 8 heteroatoms. The standard InChI is InChI=1S/C14H15ClF3NO3/c1-21-12-7-22-5-4-11(12)19-13(20)9-6-8(14(16,17)18)2-3-10(9)15/h2-3,6,11-12H,4-5,7H2,1H3,(H,19,20)/t11-,12-/m1/s1. The van der Waals surface area contributed by atoms with Crippen molar-refractivity contribution in [2.45, 2.75) is 24.7 Å². The minimum absolute atomic E-state index is 0.0356. The molecule has 1 heterocycles. The number of ether oxygens (including phenoxy) is 2. The number of rotatable bonds is 3. The van der Waals surface area contributed by atoms with Crippen molar-refractivity contribution in [2.75, 3.05) is 20.3 Å². The Labute approximate surface area is 130 Å². The average molecular weight is 338 g/mol. The molecular formula is C14H15ClF3NO3. The zero-order valence-corrected chi connectivity index (χ0v) is 12.5. The highest BCUT2D eigenvalue weighted by Crippen LogP contribution is 2.31. The number of carbonyl (C=O) groups is 1. The molecule has 1 fully saturated rings. The van der Waals surface area contributed by atoms with Gasteiger partial charge in [0.1, 0.15) is 6.10 Å². The molecule has 2 rings (SSSR count). The van der Waals surface area contributed by atoms with E-state index in [0.717, 1.165) is 18.2 Å². The Kier molecular flexibility index (Phi) is 5.31. The van der Waals surface area contributed by atoms with Crippen molar-refractivity contribution in [1.82, 2.24) is 5.32 Å². The largest absolute Gasteiger partial charge is 0.416 e. The molecular weight excluding hydrogens is 323 g/mol. The van der Waals surface area contributed by atoms with Crippen LogP contribution in [-0.4, -0.2) is 38.4 Å². The van der Waals surface area contributed by atoms with Gasteiger partial charge >= 0.3 is 6.18 Å². The van der Waals surface area contributed by atoms with Crippen LogP contribution < -0.4 is 5.32 Å². The highest BCUT2D eigenvalue weighted by atomic mass is 35.5. The smallest absolute Gasteiger partial charge is 0.379 e. The Morgan fingerprint density at radius 2 is 2.18 bits per heavy atom. The lowest BCUT2D eigenvalue weighted by Crippen LogP contribution is -2.49. The number of halogens is 4. The number of benzene rings is 1. The van der Waals surface area contributed by atoms with E-state index in [1.165, 1.54) is 7.11 Å². The van der Waals surface area contributed by atoms with Gasteiger partial charge in [0, 0.05) is 13.7 Å². The predicted molar refractivity (Wildman–Crippen MR) is 73.9 cm³/mol. The summed E-state index contributed by atoms with van der Waals surface area (Å²) in [6, 6.07) is 2.32. The molecule has 1 aliphatic heterocycles. The highest BCUT2D eigenvalue weighted by Gasteiger charge is 2.32. The molecule has 0 unspecified atom stereocenters. The van der Waals surface area contributed by atoms with Gasteiger partial charge in [-0.1, -0.05) is 11.6 Å². The van der Waals surface area contributed by atoms with E-state index in [1.54, 1.807) is 0 Å². The molecule has 1 aliphatic rings. The summed E-state index contributed by atoms with van der Waals surface area (Å²) >= 11 is 5.84. The van der Waals surface area contributed by atoms with E-state index in [2.05, 4.69) is 5.32 Å². The Morgan fingerprint density at radius 3 is 2.82 bits per heavy atom. The van der Waals surface area contributed by atoms with E-state index in [1.807, 2.05) is 0 Å². The Balaban J connectivity index is 2.18. The first-order valence-corrected chi connectivity index (χ1v) is 6.99. The molecule has 1 aromatic carbocycles. The first-order valence-electron chi connectivity index (χ1n) is 6.61. The van der Waals surface area contributed by atoms with Gasteiger partial charge in [0.2, 0.25) is 0 Å². The van der Waals surface area contributed by atoms with E-state index in [4.69, 9.17) is 21.1 Å². The molecule has 122 valence electrons. The molecule has 1 amide bonds. The molecule has 0 aliphatic carbocycles. The van der Waals surface area contributed by atoms with Crippen LogP contribution in [-0.2, 0) is 15.7 Å². The maximum atomic E-state index is 12.7. The van der Waals surface area contributed by atoms with Crippen molar-refractivity contribution in [3.8, 4) is 0 Å². The van der Waals surface area contributed by atoms with Crippen LogP contribution in [0.15, 0.2) is 18.2 Å². The quantitative estimate of drug-likeness (QED) is 0.922. The molecule has 0 radical (unpaired) electrons. The lowest BCUT2D eigenvalue weighted by molar-refractivity contribution is -0.137. The van der Waals surface area contributed by atoms with Crippen molar-refractivity contribution in [3.63, 3.8) is 0 Å². The van der Waals surface area contributed by atoms with Crippen LogP contribution >= 0.6 is 11.6 Å². The van der Waals surface area contributed by atoms with Crippen LogP contribution in [0, 0.1) is 0 Å². The van der Waals surface area contributed by atoms with E-state index in [9.17, 15) is 18.0 Å². The topological polar surface area (TPSA) is 47.6 Å². The van der Waals surface area contributed by atoms with Gasteiger partial charge in [0.15, 0.2) is 0 Å². The van der Waals surface area contributed by atoms with Crippen LogP contribution in [0.5, 0.6) is 0 Å². The number of methoxy groups -OCH3 is 1. The molecule has 0 bridgehead atoms. The molecule has 0 spiro atoms. The van der Waals surface area contributed by atoms with Gasteiger partial charge in [-0.05, 0) is 24.6 Å². The van der Waals surface area contributed by atoms with Gasteiger partial charge in [0.25, 0.3) is 5.91 Å². The third kappa shape index (κ3) is 3.91. The number of nitrogens with one attached hydrogen (secondary N) is 1. The van der Waals surface area contributed by atoms with Crippen LogP contribution in [0.1, 0.15) is 22.3 Å². The van der Waals surface area contributed by atoms with Crippen molar-refractivity contribution >= 4 is 17.5 Å². The summed E-state index contributed by atoms with van der Waals surface area (Å²) in [5, 5.41) is 2.62. The molecule has 1 aromatic rings. The molecule has 1 N–H and O–H groups in total. The van der Waals surface area contributed by atoms with E-state index < -0.39 is 17.6 Å². The summed E-state index contributed by atoms with van der Waals surface area (Å²) in [4.78, 5) is 12.2. The maximum Gasteiger partial charge on any atom is 0.416 e. The Bertz CT molecular complexity index is 551. The van der Waals surface area contributed by atoms with E-state index >= 15 is 0 Å². The Morgan fingerprint density at radius 1 is 1.45 bits per heavy atom. The second-order valence-electron chi connectivity index (χ2n) is 4.91. The van der Waals surface area contributed by atoms with Gasteiger partial charge in [0.05, 0.1) is 28.8 Å². The summed E-state index contributed by atoms with van der Waals surface area (Å²) < 4.78 is 48.6. The van der Waals surface area contributed by atoms with Gasteiger partial charge < -0.3 is 14.8 Å². The third-order valence-electron chi connectivity index (χ3n) is 3.46. The zero-order valence-electron chi connectivity index (χ0n) is 11.7. The minimum atomic E-state index is -4.53. The predicted octanol–water partition coefficient (Wildman–Crippen LogP) is 2.89. The SMILES string of the molecule is CO[C@@H]1COCC[C@H]1NC(=O)c1cc(C(F)(F)F)ccc1Cl. The first-order chi connectivity index (χ1) is 10.3. The summed E-state index contributed by atoms with van der Waals surface area (Å²) in [6.45, 7) is 0.763. The summed E-state index contributed by atoms with van der Waals surface area (Å²) in [5.41, 5.74) is -1.13. The van der Waals surface area contributed by atoms with Gasteiger partial charge in [-0.3, -0.25) is 4.79 Å². The normalized spacial score (nSPS) is 22.4. The van der Waals surface area contributed by atoms with Crippen LogP contribution in [0.4, 0.5) is 13.2 Å². The zero-order chi connectivity index (χ0) is 16.3. The van der Waals surface area contributed by atoms with Crippen LogP contribution in [0.2, 0.25) is 5.02 Å². The summed E-state index contributed by atoms with van der Waals surface area (Å²) in [6.07, 6.45) is -4.36. The highest BCUT2D eigenvalue weighted by molar-refractivity contribution is 6.33. The van der Waals surface area contributed by atoms with Crippen molar-refractivity contribution in [2.24, 2.45) is 0 Å². The minimum Gasteiger partial charge on any atom is -0.379 e. The number of hydrogen-bond donors (Lipinski definition) is 1. The van der Waals surface area contributed by atoms with Crippen molar-refractivity contribution < 1.29 is 27.4 Å². The lowest BCUT2D eigenvalue weighted by atomic mass is 10.0. The second-order valence-corrected chi connectivity index (χ2v) is 5.32. The van der Waals surface area contributed by atoms with Crippen LogP contribution in [0.3, 0.4) is 0 Å². The third-order valence-corrected chi connectivity index (χ3v) is 3.79. The number of hydrogen-bond acceptors (Lipinski definition) is 3. The summed E-state index contributed by atoms with van der Waals surface area (Å²) in [7, 11) is 1.48. The second kappa shape index (κ2) is 6.85. The molecule has 0 saturated carbocycles. The first kappa shape index (κ1) is 17.1. The average Bonchev–Trinajstić information content (AvgIpc) is 2.47. The lowest BCUT2D eigenvalue weighted by Gasteiger charge is -2.31. The van der Waals surface area contributed by atoms with Gasteiger partial charge in [-0.2, -0.15) is 13.2 Å².